The maximum atomic E-state index is 12.7. The van der Waals surface area contributed by atoms with Crippen molar-refractivity contribution in [2.24, 2.45) is 5.92 Å². The van der Waals surface area contributed by atoms with Crippen LogP contribution in [-0.4, -0.2) is 23.7 Å². The minimum atomic E-state index is -4.49. The maximum absolute atomic E-state index is 12.7. The average molecular weight is 366 g/mol. The van der Waals surface area contributed by atoms with Gasteiger partial charge in [-0.2, -0.15) is 13.2 Å². The van der Waals surface area contributed by atoms with Crippen LogP contribution in [0.1, 0.15) is 35.2 Å². The fourth-order valence-corrected chi connectivity index (χ4v) is 2.99. The molecule has 0 spiro atoms. The molecular formula is C14H15BrF3NO2. The van der Waals surface area contributed by atoms with E-state index in [1.54, 1.807) is 0 Å². The zero-order chi connectivity index (χ0) is 15.6. The zero-order valence-corrected chi connectivity index (χ0v) is 12.7. The Bertz CT molecular complexity index is 533. The summed E-state index contributed by atoms with van der Waals surface area (Å²) in [5.74, 6) is -0.586. The molecule has 1 aromatic rings. The molecule has 0 bridgehead atoms. The Balaban J connectivity index is 2.19. The van der Waals surface area contributed by atoms with Gasteiger partial charge in [0.1, 0.15) is 0 Å². The van der Waals surface area contributed by atoms with E-state index in [4.69, 9.17) is 0 Å². The summed E-state index contributed by atoms with van der Waals surface area (Å²) in [6.07, 6.45) is -2.06. The SMILES string of the molecule is O=C(NC1CCCC1CO)c1cc(C(F)(F)F)ccc1Br. The molecule has 2 N–H and O–H groups in total. The Kier molecular flexibility index (Phi) is 4.93. The first-order chi connectivity index (χ1) is 9.82. The number of rotatable bonds is 3. The number of aliphatic hydroxyl groups excluding tert-OH is 1. The van der Waals surface area contributed by atoms with E-state index < -0.39 is 17.6 Å². The lowest BCUT2D eigenvalue weighted by molar-refractivity contribution is -0.137. The Morgan fingerprint density at radius 1 is 1.38 bits per heavy atom. The number of benzene rings is 1. The lowest BCUT2D eigenvalue weighted by atomic mass is 10.0. The first-order valence-electron chi connectivity index (χ1n) is 6.61. The molecule has 0 radical (unpaired) electrons. The summed E-state index contributed by atoms with van der Waals surface area (Å²) in [6.45, 7) is -0.0330. The molecule has 0 saturated heterocycles. The number of hydrogen-bond donors (Lipinski definition) is 2. The van der Waals surface area contributed by atoms with Crippen molar-refractivity contribution in [3.8, 4) is 0 Å². The van der Waals surface area contributed by atoms with E-state index in [-0.39, 0.29) is 24.1 Å². The van der Waals surface area contributed by atoms with Crippen LogP contribution in [0.4, 0.5) is 13.2 Å². The average Bonchev–Trinajstić information content (AvgIpc) is 2.84. The lowest BCUT2D eigenvalue weighted by Crippen LogP contribution is -2.38. The van der Waals surface area contributed by atoms with Gasteiger partial charge in [0, 0.05) is 23.0 Å². The van der Waals surface area contributed by atoms with Crippen molar-refractivity contribution in [3.05, 3.63) is 33.8 Å². The second-order valence-electron chi connectivity index (χ2n) is 5.15. The van der Waals surface area contributed by atoms with Crippen LogP contribution in [0.5, 0.6) is 0 Å². The third-order valence-electron chi connectivity index (χ3n) is 3.75. The Morgan fingerprint density at radius 3 is 2.71 bits per heavy atom. The van der Waals surface area contributed by atoms with E-state index in [0.717, 1.165) is 31.4 Å². The van der Waals surface area contributed by atoms with E-state index in [2.05, 4.69) is 21.2 Å². The smallest absolute Gasteiger partial charge is 0.396 e. The molecule has 2 atom stereocenters. The van der Waals surface area contributed by atoms with Gasteiger partial charge in [-0.15, -0.1) is 0 Å². The topological polar surface area (TPSA) is 49.3 Å². The predicted molar refractivity (Wildman–Crippen MR) is 74.8 cm³/mol. The Labute approximate surface area is 128 Å². The summed E-state index contributed by atoms with van der Waals surface area (Å²) < 4.78 is 38.4. The molecule has 116 valence electrons. The van der Waals surface area contributed by atoms with Crippen LogP contribution in [0.25, 0.3) is 0 Å². The minimum Gasteiger partial charge on any atom is -0.396 e. The molecule has 1 aliphatic rings. The summed E-state index contributed by atoms with van der Waals surface area (Å²) >= 11 is 3.10. The molecule has 0 aromatic heterocycles. The molecule has 1 amide bonds. The monoisotopic (exact) mass is 365 g/mol. The predicted octanol–water partition coefficient (Wildman–Crippen LogP) is 3.36. The van der Waals surface area contributed by atoms with Crippen molar-refractivity contribution in [2.45, 2.75) is 31.5 Å². The molecule has 3 nitrogen and oxygen atoms in total. The normalized spacial score (nSPS) is 22.3. The van der Waals surface area contributed by atoms with Gasteiger partial charge < -0.3 is 10.4 Å². The van der Waals surface area contributed by atoms with Crippen LogP contribution in [0.15, 0.2) is 22.7 Å². The van der Waals surface area contributed by atoms with Crippen molar-refractivity contribution >= 4 is 21.8 Å². The summed E-state index contributed by atoms with van der Waals surface area (Å²) in [4.78, 5) is 12.2. The highest BCUT2D eigenvalue weighted by atomic mass is 79.9. The van der Waals surface area contributed by atoms with Gasteiger partial charge in [0.2, 0.25) is 0 Å². The summed E-state index contributed by atoms with van der Waals surface area (Å²) in [5, 5.41) is 11.9. The third kappa shape index (κ3) is 3.77. The van der Waals surface area contributed by atoms with Gasteiger partial charge in [-0.3, -0.25) is 4.79 Å². The van der Waals surface area contributed by atoms with Crippen LogP contribution in [0, 0.1) is 5.92 Å². The first kappa shape index (κ1) is 16.3. The molecule has 21 heavy (non-hydrogen) atoms. The van der Waals surface area contributed by atoms with Crippen LogP contribution in [-0.2, 0) is 6.18 Å². The molecule has 1 aliphatic carbocycles. The Morgan fingerprint density at radius 2 is 2.10 bits per heavy atom. The summed E-state index contributed by atoms with van der Waals surface area (Å²) in [6, 6.07) is 2.79. The van der Waals surface area contributed by atoms with E-state index in [9.17, 15) is 23.1 Å². The maximum Gasteiger partial charge on any atom is 0.416 e. The van der Waals surface area contributed by atoms with Gasteiger partial charge in [-0.1, -0.05) is 6.42 Å². The highest BCUT2D eigenvalue weighted by Crippen LogP contribution is 2.32. The molecule has 1 saturated carbocycles. The van der Waals surface area contributed by atoms with Gasteiger partial charge >= 0.3 is 6.18 Å². The second kappa shape index (κ2) is 6.36. The standard InChI is InChI=1S/C14H15BrF3NO2/c15-11-5-4-9(14(16,17)18)6-10(11)13(21)19-12-3-1-2-8(12)7-20/h4-6,8,12,20H,1-3,7H2,(H,19,21). The molecule has 0 heterocycles. The number of amides is 1. The molecular weight excluding hydrogens is 351 g/mol. The van der Waals surface area contributed by atoms with Gasteiger partial charge in [0.25, 0.3) is 5.91 Å². The second-order valence-corrected chi connectivity index (χ2v) is 6.00. The quantitative estimate of drug-likeness (QED) is 0.862. The lowest BCUT2D eigenvalue weighted by Gasteiger charge is -2.19. The van der Waals surface area contributed by atoms with Gasteiger partial charge in [0.15, 0.2) is 0 Å². The molecule has 1 fully saturated rings. The van der Waals surface area contributed by atoms with Crippen LogP contribution >= 0.6 is 15.9 Å². The number of alkyl halides is 3. The molecule has 1 aromatic carbocycles. The number of carbonyl (C=O) groups is 1. The fourth-order valence-electron chi connectivity index (χ4n) is 2.57. The summed E-state index contributed by atoms with van der Waals surface area (Å²) in [5.41, 5.74) is -0.908. The van der Waals surface area contributed by atoms with Crippen molar-refractivity contribution in [1.82, 2.24) is 5.32 Å². The number of hydrogen-bond acceptors (Lipinski definition) is 2. The van der Waals surface area contributed by atoms with E-state index >= 15 is 0 Å². The van der Waals surface area contributed by atoms with E-state index in [1.165, 1.54) is 6.07 Å². The van der Waals surface area contributed by atoms with E-state index in [1.807, 2.05) is 0 Å². The van der Waals surface area contributed by atoms with E-state index in [0.29, 0.717) is 4.47 Å². The molecule has 2 rings (SSSR count). The number of carbonyl (C=O) groups excluding carboxylic acids is 1. The van der Waals surface area contributed by atoms with Crippen molar-refractivity contribution < 1.29 is 23.1 Å². The molecule has 2 unspecified atom stereocenters. The highest BCUT2D eigenvalue weighted by Gasteiger charge is 2.33. The molecule has 7 heteroatoms. The van der Waals surface area contributed by atoms with Gasteiger partial charge in [0.05, 0.1) is 11.1 Å². The number of nitrogens with one attached hydrogen (secondary N) is 1. The summed E-state index contributed by atoms with van der Waals surface area (Å²) in [7, 11) is 0. The first-order valence-corrected chi connectivity index (χ1v) is 7.40. The molecule has 0 aliphatic heterocycles. The zero-order valence-electron chi connectivity index (χ0n) is 11.1. The fraction of sp³-hybridized carbons (Fsp3) is 0.500. The van der Waals surface area contributed by atoms with Gasteiger partial charge in [-0.25, -0.2) is 0 Å². The largest absolute Gasteiger partial charge is 0.416 e. The Hall–Kier alpha value is -1.08. The van der Waals surface area contributed by atoms with Crippen LogP contribution < -0.4 is 5.32 Å². The number of halogens is 4. The minimum absolute atomic E-state index is 0.0291. The van der Waals surface area contributed by atoms with Crippen molar-refractivity contribution in [1.29, 1.82) is 0 Å². The van der Waals surface area contributed by atoms with Crippen molar-refractivity contribution in [3.63, 3.8) is 0 Å². The number of aliphatic hydroxyl groups is 1. The van der Waals surface area contributed by atoms with Crippen LogP contribution in [0.3, 0.4) is 0 Å². The third-order valence-corrected chi connectivity index (χ3v) is 4.44. The van der Waals surface area contributed by atoms with Gasteiger partial charge in [-0.05, 0) is 47.0 Å². The highest BCUT2D eigenvalue weighted by molar-refractivity contribution is 9.10. The van der Waals surface area contributed by atoms with Crippen LogP contribution in [0.2, 0.25) is 0 Å². The van der Waals surface area contributed by atoms with Crippen molar-refractivity contribution in [2.75, 3.05) is 6.61 Å².